The molecular formula is C15H24ClN5O. The third-order valence-electron chi connectivity index (χ3n) is 3.70. The summed E-state index contributed by atoms with van der Waals surface area (Å²) in [5.74, 6) is 1.21. The Kier molecular flexibility index (Phi) is 5.71. The van der Waals surface area contributed by atoms with Crippen molar-refractivity contribution < 1.29 is 4.79 Å². The zero-order valence-corrected chi connectivity index (χ0v) is 14.2. The maximum absolute atomic E-state index is 11.5. The number of carbonyl (C=O) groups is 1. The molecule has 0 unspecified atom stereocenters. The number of nitrogens with one attached hydrogen (secondary N) is 2. The Morgan fingerprint density at radius 1 is 1.45 bits per heavy atom. The number of hydrogen-bond acceptors (Lipinski definition) is 2. The van der Waals surface area contributed by atoms with E-state index in [4.69, 9.17) is 11.6 Å². The van der Waals surface area contributed by atoms with Gasteiger partial charge in [0.1, 0.15) is 0 Å². The summed E-state index contributed by atoms with van der Waals surface area (Å²) in [6.07, 6.45) is 3.94. The van der Waals surface area contributed by atoms with Gasteiger partial charge in [0.05, 0.1) is 11.6 Å². The monoisotopic (exact) mass is 325 g/mol. The highest BCUT2D eigenvalue weighted by Gasteiger charge is 2.28. The highest BCUT2D eigenvalue weighted by Crippen LogP contribution is 2.28. The molecule has 0 spiro atoms. The summed E-state index contributed by atoms with van der Waals surface area (Å²) in [6.45, 7) is 1.97. The van der Waals surface area contributed by atoms with Gasteiger partial charge in [0, 0.05) is 52.0 Å². The minimum atomic E-state index is 0.170. The number of amides is 1. The van der Waals surface area contributed by atoms with Gasteiger partial charge in [-0.3, -0.25) is 9.79 Å². The summed E-state index contributed by atoms with van der Waals surface area (Å²) in [6, 6.07) is 1.95. The standard InChI is InChI=1S/C15H24ClN5O/c1-17-15(19-7-6-18-14(22)11-4-5-11)21(3)10-13-8-12(16)9-20(13)2/h8-9,11H,4-7,10H2,1-3H3,(H,17,19)(H,18,22). The van der Waals surface area contributed by atoms with Crippen molar-refractivity contribution in [2.24, 2.45) is 18.0 Å². The molecule has 1 fully saturated rings. The van der Waals surface area contributed by atoms with E-state index >= 15 is 0 Å². The Balaban J connectivity index is 1.75. The molecule has 0 aromatic carbocycles. The first kappa shape index (κ1) is 16.7. The molecule has 1 heterocycles. The molecule has 122 valence electrons. The zero-order valence-electron chi connectivity index (χ0n) is 13.4. The molecule has 1 saturated carbocycles. The normalized spacial score (nSPS) is 14.8. The number of hydrogen-bond donors (Lipinski definition) is 2. The van der Waals surface area contributed by atoms with E-state index in [2.05, 4.69) is 15.6 Å². The van der Waals surface area contributed by atoms with Crippen LogP contribution in [0, 0.1) is 5.92 Å². The van der Waals surface area contributed by atoms with Crippen LogP contribution in [0.4, 0.5) is 0 Å². The predicted octanol–water partition coefficient (Wildman–Crippen LogP) is 1.21. The van der Waals surface area contributed by atoms with E-state index in [0.717, 1.165) is 29.5 Å². The average Bonchev–Trinajstić information content (AvgIpc) is 3.26. The summed E-state index contributed by atoms with van der Waals surface area (Å²) in [5, 5.41) is 6.91. The summed E-state index contributed by atoms with van der Waals surface area (Å²) in [7, 11) is 5.69. The van der Waals surface area contributed by atoms with Crippen molar-refractivity contribution in [2.45, 2.75) is 19.4 Å². The molecule has 7 heteroatoms. The molecule has 0 aliphatic heterocycles. The van der Waals surface area contributed by atoms with Crippen LogP contribution in [-0.4, -0.2) is 48.5 Å². The maximum Gasteiger partial charge on any atom is 0.223 e. The van der Waals surface area contributed by atoms with Crippen LogP contribution in [0.2, 0.25) is 5.02 Å². The fourth-order valence-electron chi connectivity index (χ4n) is 2.28. The van der Waals surface area contributed by atoms with Crippen LogP contribution in [0.3, 0.4) is 0 Å². The number of nitrogens with zero attached hydrogens (tertiary/aromatic N) is 3. The van der Waals surface area contributed by atoms with Gasteiger partial charge in [0.25, 0.3) is 0 Å². The summed E-state index contributed by atoms with van der Waals surface area (Å²) >= 11 is 6.00. The van der Waals surface area contributed by atoms with E-state index in [1.54, 1.807) is 7.05 Å². The van der Waals surface area contributed by atoms with E-state index in [0.29, 0.717) is 19.6 Å². The second-order valence-corrected chi connectivity index (χ2v) is 6.09. The number of aryl methyl sites for hydroxylation is 1. The smallest absolute Gasteiger partial charge is 0.223 e. The van der Waals surface area contributed by atoms with Crippen molar-refractivity contribution in [3.05, 3.63) is 23.0 Å². The van der Waals surface area contributed by atoms with Crippen molar-refractivity contribution >= 4 is 23.5 Å². The van der Waals surface area contributed by atoms with Crippen LogP contribution >= 0.6 is 11.6 Å². The molecular weight excluding hydrogens is 302 g/mol. The van der Waals surface area contributed by atoms with Gasteiger partial charge in [0.2, 0.25) is 5.91 Å². The quantitative estimate of drug-likeness (QED) is 0.469. The van der Waals surface area contributed by atoms with E-state index in [9.17, 15) is 4.79 Å². The molecule has 1 aromatic rings. The molecule has 0 atom stereocenters. The van der Waals surface area contributed by atoms with E-state index in [-0.39, 0.29) is 11.8 Å². The van der Waals surface area contributed by atoms with Gasteiger partial charge < -0.3 is 20.1 Å². The maximum atomic E-state index is 11.5. The topological polar surface area (TPSA) is 61.7 Å². The van der Waals surface area contributed by atoms with Crippen LogP contribution in [0.1, 0.15) is 18.5 Å². The van der Waals surface area contributed by atoms with E-state index in [1.807, 2.05) is 35.8 Å². The van der Waals surface area contributed by atoms with Crippen molar-refractivity contribution in [1.29, 1.82) is 0 Å². The highest BCUT2D eigenvalue weighted by atomic mass is 35.5. The fraction of sp³-hybridized carbons (Fsp3) is 0.600. The molecule has 22 heavy (non-hydrogen) atoms. The summed E-state index contributed by atoms with van der Waals surface area (Å²) < 4.78 is 2.00. The van der Waals surface area contributed by atoms with Crippen LogP contribution in [0.5, 0.6) is 0 Å². The lowest BCUT2D eigenvalue weighted by Crippen LogP contribution is -2.42. The number of guanidine groups is 1. The first-order valence-corrected chi connectivity index (χ1v) is 7.89. The molecule has 2 rings (SSSR count). The lowest BCUT2D eigenvalue weighted by atomic mass is 10.4. The fourth-order valence-corrected chi connectivity index (χ4v) is 2.55. The van der Waals surface area contributed by atoms with E-state index in [1.165, 1.54) is 0 Å². The minimum Gasteiger partial charge on any atom is -0.354 e. The van der Waals surface area contributed by atoms with Gasteiger partial charge in [-0.1, -0.05) is 11.6 Å². The Morgan fingerprint density at radius 2 is 2.14 bits per heavy atom. The molecule has 0 bridgehead atoms. The first-order chi connectivity index (χ1) is 10.5. The van der Waals surface area contributed by atoms with Gasteiger partial charge in [-0.2, -0.15) is 0 Å². The summed E-state index contributed by atoms with van der Waals surface area (Å²) in [4.78, 5) is 17.8. The lowest BCUT2D eigenvalue weighted by Gasteiger charge is -2.22. The number of aromatic nitrogens is 1. The highest BCUT2D eigenvalue weighted by molar-refractivity contribution is 6.30. The van der Waals surface area contributed by atoms with E-state index < -0.39 is 0 Å². The van der Waals surface area contributed by atoms with Crippen molar-refractivity contribution in [3.63, 3.8) is 0 Å². The molecule has 0 saturated heterocycles. The van der Waals surface area contributed by atoms with Crippen LogP contribution in [0.25, 0.3) is 0 Å². The molecule has 1 aromatic heterocycles. The Bertz CT molecular complexity index is 550. The van der Waals surface area contributed by atoms with Gasteiger partial charge in [0.15, 0.2) is 5.96 Å². The van der Waals surface area contributed by atoms with Crippen LogP contribution in [0.15, 0.2) is 17.3 Å². The number of aliphatic imine (C=N–C) groups is 1. The molecule has 1 aliphatic rings. The largest absolute Gasteiger partial charge is 0.354 e. The number of carbonyl (C=O) groups excluding carboxylic acids is 1. The molecule has 1 aliphatic carbocycles. The van der Waals surface area contributed by atoms with Crippen LogP contribution < -0.4 is 10.6 Å². The van der Waals surface area contributed by atoms with Gasteiger partial charge in [-0.05, 0) is 18.9 Å². The van der Waals surface area contributed by atoms with Gasteiger partial charge >= 0.3 is 0 Å². The van der Waals surface area contributed by atoms with Crippen LogP contribution in [-0.2, 0) is 18.4 Å². The van der Waals surface area contributed by atoms with Gasteiger partial charge in [-0.15, -0.1) is 0 Å². The third-order valence-corrected chi connectivity index (χ3v) is 3.91. The van der Waals surface area contributed by atoms with Gasteiger partial charge in [-0.25, -0.2) is 0 Å². The Hall–Kier alpha value is -1.69. The van der Waals surface area contributed by atoms with Crippen molar-refractivity contribution in [3.8, 4) is 0 Å². The number of rotatable bonds is 6. The third kappa shape index (κ3) is 4.66. The summed E-state index contributed by atoms with van der Waals surface area (Å²) in [5.41, 5.74) is 1.11. The SMILES string of the molecule is CN=C(NCCNC(=O)C1CC1)N(C)Cc1cc(Cl)cn1C. The minimum absolute atomic E-state index is 0.170. The molecule has 2 N–H and O–H groups in total. The van der Waals surface area contributed by atoms with Crippen molar-refractivity contribution in [2.75, 3.05) is 27.2 Å². The molecule has 0 radical (unpaired) electrons. The lowest BCUT2D eigenvalue weighted by molar-refractivity contribution is -0.122. The molecule has 6 nitrogen and oxygen atoms in total. The average molecular weight is 326 g/mol. The Labute approximate surface area is 136 Å². The van der Waals surface area contributed by atoms with Crippen molar-refractivity contribution in [1.82, 2.24) is 20.1 Å². The molecule has 1 amide bonds. The second-order valence-electron chi connectivity index (χ2n) is 5.66. The Morgan fingerprint density at radius 3 is 2.68 bits per heavy atom. The predicted molar refractivity (Wildman–Crippen MR) is 89.0 cm³/mol. The number of halogens is 1. The zero-order chi connectivity index (χ0) is 16.1. The first-order valence-electron chi connectivity index (χ1n) is 7.51. The second kappa shape index (κ2) is 7.54.